The van der Waals surface area contributed by atoms with E-state index in [0.29, 0.717) is 4.70 Å². The van der Waals surface area contributed by atoms with Crippen molar-refractivity contribution in [2.24, 2.45) is 0 Å². The first-order chi connectivity index (χ1) is 8.65. The van der Waals surface area contributed by atoms with Crippen molar-refractivity contribution in [1.29, 1.82) is 0 Å². The van der Waals surface area contributed by atoms with Crippen LogP contribution < -0.4 is 5.56 Å². The molecule has 2 aromatic heterocycles. The van der Waals surface area contributed by atoms with E-state index in [4.69, 9.17) is 0 Å². The molecule has 1 N–H and O–H groups in total. The molecule has 0 radical (unpaired) electrons. The summed E-state index contributed by atoms with van der Waals surface area (Å²) >= 11 is 4.95. The van der Waals surface area contributed by atoms with Crippen LogP contribution >= 0.6 is 27.3 Å². The van der Waals surface area contributed by atoms with Gasteiger partial charge in [0.05, 0.1) is 11.8 Å². The number of aromatic amines is 1. The maximum Gasteiger partial charge on any atom is 0.268 e. The van der Waals surface area contributed by atoms with Crippen molar-refractivity contribution >= 4 is 37.5 Å². The number of fused-ring (bicyclic) bond motifs is 1. The zero-order valence-electron chi connectivity index (χ0n) is 9.53. The van der Waals surface area contributed by atoms with Crippen molar-refractivity contribution < 1.29 is 0 Å². The average Bonchev–Trinajstić information content (AvgIpc) is 2.78. The van der Waals surface area contributed by atoms with E-state index in [-0.39, 0.29) is 5.56 Å². The zero-order chi connectivity index (χ0) is 12.7. The molecular weight excluding hydrogens is 312 g/mol. The van der Waals surface area contributed by atoms with Crippen LogP contribution in [0.4, 0.5) is 0 Å². The Balaban J connectivity index is 2.22. The molecule has 3 nitrogen and oxygen atoms in total. The van der Waals surface area contributed by atoms with E-state index < -0.39 is 0 Å². The van der Waals surface area contributed by atoms with Crippen LogP contribution in [-0.2, 0) is 0 Å². The van der Waals surface area contributed by atoms with Gasteiger partial charge in [-0.15, -0.1) is 11.3 Å². The minimum atomic E-state index is -0.0786. The van der Waals surface area contributed by atoms with Crippen LogP contribution in [0.15, 0.2) is 39.9 Å². The lowest BCUT2D eigenvalue weighted by Crippen LogP contribution is -2.02. The van der Waals surface area contributed by atoms with Gasteiger partial charge in [-0.1, -0.05) is 22.0 Å². The second-order valence-corrected chi connectivity index (χ2v) is 5.93. The molecule has 0 unspecified atom stereocenters. The van der Waals surface area contributed by atoms with Crippen LogP contribution in [-0.4, -0.2) is 9.97 Å². The summed E-state index contributed by atoms with van der Waals surface area (Å²) in [5.41, 5.74) is 2.95. The quantitative estimate of drug-likeness (QED) is 0.742. The number of thiophene rings is 1. The SMILES string of the molecule is Cc1cc(-c2cc3nc[nH]c(=O)c3s2)ccc1Br. The Morgan fingerprint density at radius 2 is 2.17 bits per heavy atom. The number of hydrogen-bond donors (Lipinski definition) is 1. The zero-order valence-corrected chi connectivity index (χ0v) is 11.9. The molecule has 3 rings (SSSR count). The van der Waals surface area contributed by atoms with Crippen molar-refractivity contribution in [2.45, 2.75) is 6.92 Å². The lowest BCUT2D eigenvalue weighted by atomic mass is 10.1. The number of hydrogen-bond acceptors (Lipinski definition) is 3. The van der Waals surface area contributed by atoms with Crippen LogP contribution in [0.3, 0.4) is 0 Å². The number of rotatable bonds is 1. The number of H-pyrrole nitrogens is 1. The minimum Gasteiger partial charge on any atom is -0.312 e. The molecule has 3 aromatic rings. The molecule has 0 amide bonds. The highest BCUT2D eigenvalue weighted by Crippen LogP contribution is 2.32. The monoisotopic (exact) mass is 320 g/mol. The Morgan fingerprint density at radius 1 is 1.33 bits per heavy atom. The first kappa shape index (κ1) is 11.6. The van der Waals surface area contributed by atoms with Crippen molar-refractivity contribution in [3.05, 3.63) is 51.0 Å². The molecule has 0 spiro atoms. The molecule has 1 aromatic carbocycles. The van der Waals surface area contributed by atoms with E-state index >= 15 is 0 Å². The van der Waals surface area contributed by atoms with Crippen LogP contribution in [0.2, 0.25) is 0 Å². The second-order valence-electron chi connectivity index (χ2n) is 4.02. The fraction of sp³-hybridized carbons (Fsp3) is 0.0769. The Kier molecular flexibility index (Phi) is 2.80. The summed E-state index contributed by atoms with van der Waals surface area (Å²) in [6, 6.07) is 8.11. The summed E-state index contributed by atoms with van der Waals surface area (Å²) in [6.07, 6.45) is 1.44. The van der Waals surface area contributed by atoms with Gasteiger partial charge in [0.2, 0.25) is 0 Å². The van der Waals surface area contributed by atoms with Crippen LogP contribution in [0.1, 0.15) is 5.56 Å². The van der Waals surface area contributed by atoms with Crippen molar-refractivity contribution in [3.63, 3.8) is 0 Å². The number of aromatic nitrogens is 2. The number of aryl methyl sites for hydroxylation is 1. The number of nitrogens with zero attached hydrogens (tertiary/aromatic N) is 1. The molecule has 0 aliphatic carbocycles. The van der Waals surface area contributed by atoms with Crippen molar-refractivity contribution in [2.75, 3.05) is 0 Å². The van der Waals surface area contributed by atoms with Gasteiger partial charge in [0, 0.05) is 9.35 Å². The highest BCUT2D eigenvalue weighted by atomic mass is 79.9. The Morgan fingerprint density at radius 3 is 2.89 bits per heavy atom. The first-order valence-corrected chi connectivity index (χ1v) is 7.00. The van der Waals surface area contributed by atoms with E-state index in [0.717, 1.165) is 20.4 Å². The molecule has 0 saturated heterocycles. The van der Waals surface area contributed by atoms with Gasteiger partial charge in [-0.2, -0.15) is 0 Å². The predicted molar refractivity (Wildman–Crippen MR) is 78.1 cm³/mol. The first-order valence-electron chi connectivity index (χ1n) is 5.39. The molecule has 18 heavy (non-hydrogen) atoms. The Bertz CT molecular complexity index is 791. The maximum atomic E-state index is 11.7. The fourth-order valence-corrected chi connectivity index (χ4v) is 3.06. The van der Waals surface area contributed by atoms with Crippen LogP contribution in [0.5, 0.6) is 0 Å². The van der Waals surface area contributed by atoms with Crippen molar-refractivity contribution in [1.82, 2.24) is 9.97 Å². The van der Waals surface area contributed by atoms with E-state index in [1.165, 1.54) is 23.2 Å². The van der Waals surface area contributed by atoms with Crippen LogP contribution in [0.25, 0.3) is 20.7 Å². The van der Waals surface area contributed by atoms with Gasteiger partial charge in [-0.25, -0.2) is 4.98 Å². The summed E-state index contributed by atoms with van der Waals surface area (Å²) in [5.74, 6) is 0. The summed E-state index contributed by atoms with van der Waals surface area (Å²) in [6.45, 7) is 2.05. The molecule has 0 aliphatic heterocycles. The molecular formula is C13H9BrN2OS. The Hall–Kier alpha value is -1.46. The lowest BCUT2D eigenvalue weighted by Gasteiger charge is -2.01. The highest BCUT2D eigenvalue weighted by molar-refractivity contribution is 9.10. The Labute approximate surface area is 116 Å². The lowest BCUT2D eigenvalue weighted by molar-refractivity contribution is 1.18. The molecule has 0 aliphatic rings. The number of halogens is 1. The fourth-order valence-electron chi connectivity index (χ4n) is 1.81. The summed E-state index contributed by atoms with van der Waals surface area (Å²) in [5, 5.41) is 0. The molecule has 0 saturated carbocycles. The molecule has 0 atom stereocenters. The largest absolute Gasteiger partial charge is 0.312 e. The van der Waals surface area contributed by atoms with Gasteiger partial charge in [0.25, 0.3) is 5.56 Å². The number of benzene rings is 1. The molecule has 0 fully saturated rings. The highest BCUT2D eigenvalue weighted by Gasteiger charge is 2.08. The third-order valence-electron chi connectivity index (χ3n) is 2.76. The van der Waals surface area contributed by atoms with Gasteiger partial charge in [0.1, 0.15) is 4.70 Å². The van der Waals surface area contributed by atoms with Crippen LogP contribution in [0, 0.1) is 6.92 Å². The minimum absolute atomic E-state index is 0.0786. The smallest absolute Gasteiger partial charge is 0.268 e. The summed E-state index contributed by atoms with van der Waals surface area (Å²) < 4.78 is 1.76. The average molecular weight is 321 g/mol. The molecule has 2 heterocycles. The van der Waals surface area contributed by atoms with Gasteiger partial charge < -0.3 is 4.98 Å². The third kappa shape index (κ3) is 1.89. The number of nitrogens with one attached hydrogen (secondary N) is 1. The topological polar surface area (TPSA) is 45.8 Å². The maximum absolute atomic E-state index is 11.7. The summed E-state index contributed by atoms with van der Waals surface area (Å²) in [7, 11) is 0. The van der Waals surface area contributed by atoms with Gasteiger partial charge in [-0.3, -0.25) is 4.79 Å². The standard InChI is InChI=1S/C13H9BrN2OS/c1-7-4-8(2-3-9(7)14)11-5-10-12(18-11)13(17)16-6-15-10/h2-6H,1H3,(H,15,16,17). The van der Waals surface area contributed by atoms with Gasteiger partial charge >= 0.3 is 0 Å². The summed E-state index contributed by atoms with van der Waals surface area (Å²) in [4.78, 5) is 19.5. The molecule has 0 bridgehead atoms. The van der Waals surface area contributed by atoms with E-state index in [2.05, 4.69) is 32.0 Å². The second kappa shape index (κ2) is 4.33. The van der Waals surface area contributed by atoms with E-state index in [1.54, 1.807) is 0 Å². The van der Waals surface area contributed by atoms with Gasteiger partial charge in [-0.05, 0) is 36.2 Å². The third-order valence-corrected chi connectivity index (χ3v) is 4.82. The van der Waals surface area contributed by atoms with Gasteiger partial charge in [0.15, 0.2) is 0 Å². The molecule has 90 valence electrons. The molecule has 5 heteroatoms. The van der Waals surface area contributed by atoms with E-state index in [1.807, 2.05) is 25.1 Å². The van der Waals surface area contributed by atoms with E-state index in [9.17, 15) is 4.79 Å². The van der Waals surface area contributed by atoms with Crippen molar-refractivity contribution in [3.8, 4) is 10.4 Å². The predicted octanol–water partition coefficient (Wildman–Crippen LogP) is 3.72. The normalized spacial score (nSPS) is 11.0.